The molecule has 0 aromatic carbocycles. The van der Waals surface area contributed by atoms with Crippen LogP contribution < -0.4 is 0 Å². The van der Waals surface area contributed by atoms with Gasteiger partial charge in [-0.15, -0.1) is 0 Å². The van der Waals surface area contributed by atoms with Crippen molar-refractivity contribution in [1.29, 1.82) is 0 Å². The van der Waals surface area contributed by atoms with Crippen molar-refractivity contribution in [2.75, 3.05) is 0 Å². The van der Waals surface area contributed by atoms with Gasteiger partial charge in [-0.2, -0.15) is 0 Å². The molecule has 1 rings (SSSR count). The molecule has 0 bridgehead atoms. The average Bonchev–Trinajstić information content (AvgIpc) is 1.85. The Morgan fingerprint density at radius 1 is 1.64 bits per heavy atom. The van der Waals surface area contributed by atoms with Gasteiger partial charge in [0.2, 0.25) is 0 Å². The summed E-state index contributed by atoms with van der Waals surface area (Å²) in [6.45, 7) is 6.28. The second-order valence-corrected chi connectivity index (χ2v) is 3.93. The van der Waals surface area contributed by atoms with E-state index in [1.807, 2.05) is 6.92 Å². The lowest BCUT2D eigenvalue weighted by Gasteiger charge is -2.27. The lowest BCUT2D eigenvalue weighted by molar-refractivity contribution is 0.110. The molecule has 11 heavy (non-hydrogen) atoms. The van der Waals surface area contributed by atoms with Crippen molar-refractivity contribution in [3.05, 3.63) is 11.6 Å². The van der Waals surface area contributed by atoms with Gasteiger partial charge in [-0.05, 0) is 38.5 Å². The molecule has 1 heteroatoms. The first-order valence-electron chi connectivity index (χ1n) is 4.45. The van der Waals surface area contributed by atoms with E-state index >= 15 is 0 Å². The molecule has 3 unspecified atom stereocenters. The van der Waals surface area contributed by atoms with Crippen molar-refractivity contribution in [1.82, 2.24) is 0 Å². The molecule has 0 radical (unpaired) electrons. The maximum absolute atomic E-state index is 9.39. The van der Waals surface area contributed by atoms with E-state index in [-0.39, 0.29) is 6.10 Å². The molecule has 3 atom stereocenters. The van der Waals surface area contributed by atoms with E-state index < -0.39 is 0 Å². The third-order valence-electron chi connectivity index (χ3n) is 2.51. The molecule has 0 heterocycles. The highest BCUT2D eigenvalue weighted by atomic mass is 16.3. The Morgan fingerprint density at radius 3 is 2.73 bits per heavy atom. The molecule has 0 amide bonds. The predicted octanol–water partition coefficient (Wildman–Crippen LogP) is 2.36. The standard InChI is InChI=1S/C10H18O/c1-7-4-8(2)6-10(5-7)9(3)11/h4,7,9-11H,5-6H2,1-3H3. The SMILES string of the molecule is CC1=CC(C)CC(C(C)O)C1. The second kappa shape index (κ2) is 3.40. The van der Waals surface area contributed by atoms with Crippen molar-refractivity contribution in [3.63, 3.8) is 0 Å². The quantitative estimate of drug-likeness (QED) is 0.575. The topological polar surface area (TPSA) is 20.2 Å². The molecule has 1 aliphatic carbocycles. The maximum atomic E-state index is 9.39. The fourth-order valence-electron chi connectivity index (χ4n) is 1.96. The Bertz CT molecular complexity index is 158. The van der Waals surface area contributed by atoms with Crippen LogP contribution in [0.25, 0.3) is 0 Å². The summed E-state index contributed by atoms with van der Waals surface area (Å²) in [5.74, 6) is 1.15. The van der Waals surface area contributed by atoms with Crippen LogP contribution in [-0.2, 0) is 0 Å². The van der Waals surface area contributed by atoms with Gasteiger partial charge in [0.05, 0.1) is 6.10 Å². The number of aliphatic hydroxyl groups excluding tert-OH is 1. The second-order valence-electron chi connectivity index (χ2n) is 3.93. The summed E-state index contributed by atoms with van der Waals surface area (Å²) in [7, 11) is 0. The van der Waals surface area contributed by atoms with E-state index in [2.05, 4.69) is 19.9 Å². The molecular weight excluding hydrogens is 136 g/mol. The molecule has 0 spiro atoms. The third-order valence-corrected chi connectivity index (χ3v) is 2.51. The molecule has 64 valence electrons. The normalized spacial score (nSPS) is 34.7. The van der Waals surface area contributed by atoms with Gasteiger partial charge in [-0.25, -0.2) is 0 Å². The van der Waals surface area contributed by atoms with Crippen molar-refractivity contribution in [2.24, 2.45) is 11.8 Å². The molecule has 0 saturated carbocycles. The number of hydrogen-bond donors (Lipinski definition) is 1. The lowest BCUT2D eigenvalue weighted by Crippen LogP contribution is -2.22. The highest BCUT2D eigenvalue weighted by molar-refractivity contribution is 5.06. The van der Waals surface area contributed by atoms with Crippen LogP contribution in [0.1, 0.15) is 33.6 Å². The van der Waals surface area contributed by atoms with Crippen LogP contribution >= 0.6 is 0 Å². The van der Waals surface area contributed by atoms with Crippen molar-refractivity contribution in [3.8, 4) is 0 Å². The monoisotopic (exact) mass is 154 g/mol. The summed E-state index contributed by atoms with van der Waals surface area (Å²) in [5, 5.41) is 9.39. The minimum atomic E-state index is -0.138. The van der Waals surface area contributed by atoms with E-state index in [0.29, 0.717) is 11.8 Å². The zero-order valence-corrected chi connectivity index (χ0v) is 7.67. The largest absolute Gasteiger partial charge is 0.393 e. The van der Waals surface area contributed by atoms with Crippen molar-refractivity contribution < 1.29 is 5.11 Å². The first-order chi connectivity index (χ1) is 5.09. The van der Waals surface area contributed by atoms with Gasteiger partial charge in [0.1, 0.15) is 0 Å². The summed E-state index contributed by atoms with van der Waals surface area (Å²) in [4.78, 5) is 0. The van der Waals surface area contributed by atoms with Crippen LogP contribution in [-0.4, -0.2) is 11.2 Å². The molecule has 0 aliphatic heterocycles. The molecule has 1 nitrogen and oxygen atoms in total. The summed E-state index contributed by atoms with van der Waals surface area (Å²) >= 11 is 0. The molecule has 0 saturated heterocycles. The van der Waals surface area contributed by atoms with Gasteiger partial charge < -0.3 is 5.11 Å². The van der Waals surface area contributed by atoms with E-state index in [1.54, 1.807) is 0 Å². The van der Waals surface area contributed by atoms with Gasteiger partial charge in [0, 0.05) is 0 Å². The Morgan fingerprint density at radius 2 is 2.27 bits per heavy atom. The summed E-state index contributed by atoms with van der Waals surface area (Å²) in [6, 6.07) is 0. The number of allylic oxidation sites excluding steroid dienone is 2. The molecule has 0 fully saturated rings. The third kappa shape index (κ3) is 2.33. The van der Waals surface area contributed by atoms with Gasteiger partial charge in [-0.3, -0.25) is 0 Å². The fourth-order valence-corrected chi connectivity index (χ4v) is 1.96. The molecule has 0 aromatic rings. The smallest absolute Gasteiger partial charge is 0.0543 e. The van der Waals surface area contributed by atoms with E-state index in [1.165, 1.54) is 5.57 Å². The molecule has 0 aromatic heterocycles. The van der Waals surface area contributed by atoms with Crippen LogP contribution in [0.15, 0.2) is 11.6 Å². The predicted molar refractivity (Wildman–Crippen MR) is 47.3 cm³/mol. The number of aliphatic hydroxyl groups is 1. The minimum absolute atomic E-state index is 0.138. The molecule has 1 N–H and O–H groups in total. The Hall–Kier alpha value is -0.300. The van der Waals surface area contributed by atoms with E-state index in [4.69, 9.17) is 0 Å². The highest BCUT2D eigenvalue weighted by Crippen LogP contribution is 2.29. The first-order valence-corrected chi connectivity index (χ1v) is 4.45. The summed E-state index contributed by atoms with van der Waals surface area (Å²) < 4.78 is 0. The van der Waals surface area contributed by atoms with Gasteiger partial charge in [0.25, 0.3) is 0 Å². The Labute approximate surface area is 69.1 Å². The Kier molecular flexibility index (Phi) is 2.72. The van der Waals surface area contributed by atoms with Crippen LogP contribution in [0.3, 0.4) is 0 Å². The zero-order chi connectivity index (χ0) is 8.43. The van der Waals surface area contributed by atoms with E-state index in [0.717, 1.165) is 12.8 Å². The minimum Gasteiger partial charge on any atom is -0.393 e. The Balaban J connectivity index is 2.57. The molecular formula is C10H18O. The van der Waals surface area contributed by atoms with Gasteiger partial charge in [0.15, 0.2) is 0 Å². The van der Waals surface area contributed by atoms with Gasteiger partial charge in [-0.1, -0.05) is 18.6 Å². The number of rotatable bonds is 1. The number of hydrogen-bond acceptors (Lipinski definition) is 1. The van der Waals surface area contributed by atoms with Crippen LogP contribution in [0.2, 0.25) is 0 Å². The highest BCUT2D eigenvalue weighted by Gasteiger charge is 2.21. The van der Waals surface area contributed by atoms with Crippen LogP contribution in [0, 0.1) is 11.8 Å². The summed E-state index contributed by atoms with van der Waals surface area (Å²) in [6.07, 6.45) is 4.41. The summed E-state index contributed by atoms with van der Waals surface area (Å²) in [5.41, 5.74) is 1.44. The zero-order valence-electron chi connectivity index (χ0n) is 7.67. The average molecular weight is 154 g/mol. The first kappa shape index (κ1) is 8.79. The molecule has 1 aliphatic rings. The lowest BCUT2D eigenvalue weighted by atomic mass is 9.81. The van der Waals surface area contributed by atoms with Gasteiger partial charge >= 0.3 is 0 Å². The van der Waals surface area contributed by atoms with E-state index in [9.17, 15) is 5.11 Å². The maximum Gasteiger partial charge on any atom is 0.0543 e. The fraction of sp³-hybridized carbons (Fsp3) is 0.800. The van der Waals surface area contributed by atoms with Crippen LogP contribution in [0.5, 0.6) is 0 Å². The van der Waals surface area contributed by atoms with Crippen LogP contribution in [0.4, 0.5) is 0 Å². The van der Waals surface area contributed by atoms with Crippen molar-refractivity contribution in [2.45, 2.75) is 39.7 Å². The van der Waals surface area contributed by atoms with Crippen molar-refractivity contribution >= 4 is 0 Å².